The van der Waals surface area contributed by atoms with E-state index < -0.39 is 35.1 Å². The van der Waals surface area contributed by atoms with Gasteiger partial charge in [-0.25, -0.2) is 10.4 Å². The lowest BCUT2D eigenvalue weighted by molar-refractivity contribution is -0.167. The van der Waals surface area contributed by atoms with E-state index in [1.165, 1.54) is 4.90 Å². The normalized spacial score (nSPS) is 22.2. The number of carbonyl (C=O) groups is 2. The first kappa shape index (κ1) is 23.9. The summed E-state index contributed by atoms with van der Waals surface area (Å²) >= 11 is 0. The van der Waals surface area contributed by atoms with Crippen LogP contribution in [0.1, 0.15) is 39.3 Å². The summed E-state index contributed by atoms with van der Waals surface area (Å²) in [6.07, 6.45) is 3.59. The van der Waals surface area contributed by atoms with Crippen molar-refractivity contribution in [2.45, 2.75) is 51.0 Å². The van der Waals surface area contributed by atoms with Gasteiger partial charge in [0.2, 0.25) is 0 Å². The number of aliphatic hydroxyl groups is 2. The third-order valence-electron chi connectivity index (χ3n) is 6.68. The molecule has 4 rings (SSSR count). The molecule has 3 atom stereocenters. The summed E-state index contributed by atoms with van der Waals surface area (Å²) in [6.45, 7) is 8.18. The van der Waals surface area contributed by atoms with Crippen LogP contribution >= 0.6 is 0 Å². The molecule has 0 aromatic heterocycles. The number of benzene rings is 1. The fourth-order valence-electron chi connectivity index (χ4n) is 4.45. The van der Waals surface area contributed by atoms with Crippen LogP contribution in [-0.4, -0.2) is 70.1 Å². The number of aliphatic imine (C=N–C) groups is 1. The number of rotatable bonds is 6. The van der Waals surface area contributed by atoms with Gasteiger partial charge in [-0.2, -0.15) is 0 Å². The van der Waals surface area contributed by atoms with Crippen molar-refractivity contribution in [1.29, 1.82) is 0 Å². The molecule has 0 aliphatic carbocycles. The molecule has 2 amide bonds. The van der Waals surface area contributed by atoms with Crippen LogP contribution in [0.25, 0.3) is 0 Å². The van der Waals surface area contributed by atoms with E-state index in [2.05, 4.69) is 21.1 Å². The van der Waals surface area contributed by atoms with E-state index >= 15 is 0 Å². The maximum atomic E-state index is 13.2. The average Bonchev–Trinajstić information content (AvgIpc) is 3.45. The number of hydrazine groups is 1. The second-order valence-corrected chi connectivity index (χ2v) is 9.53. The molecule has 10 heteroatoms. The summed E-state index contributed by atoms with van der Waals surface area (Å²) < 4.78 is 0. The summed E-state index contributed by atoms with van der Waals surface area (Å²) in [5.41, 5.74) is 3.56. The van der Waals surface area contributed by atoms with E-state index in [-0.39, 0.29) is 6.54 Å². The molecule has 0 radical (unpaired) electrons. The van der Waals surface area contributed by atoms with Crippen LogP contribution in [0.2, 0.25) is 0 Å². The minimum Gasteiger partial charge on any atom is -0.380 e. The third kappa shape index (κ3) is 4.20. The Labute approximate surface area is 199 Å². The fourth-order valence-corrected chi connectivity index (χ4v) is 4.45. The van der Waals surface area contributed by atoms with Crippen molar-refractivity contribution in [3.8, 4) is 0 Å². The van der Waals surface area contributed by atoms with Gasteiger partial charge in [0.1, 0.15) is 0 Å². The molecule has 5 N–H and O–H groups in total. The zero-order valence-corrected chi connectivity index (χ0v) is 19.9. The summed E-state index contributed by atoms with van der Waals surface area (Å²) in [5, 5.41) is 29.3. The molecular formula is C24H32N6O4. The number of hydrogen-bond acceptors (Lipinski definition) is 8. The van der Waals surface area contributed by atoms with Crippen molar-refractivity contribution in [2.24, 2.45) is 4.99 Å². The van der Waals surface area contributed by atoms with Gasteiger partial charge in [-0.05, 0) is 51.0 Å². The Bertz CT molecular complexity index is 1060. The number of amides is 2. The molecule has 0 saturated heterocycles. The van der Waals surface area contributed by atoms with Crippen molar-refractivity contribution in [3.63, 3.8) is 0 Å². The number of nitrogens with zero attached hydrogens (tertiary/aromatic N) is 3. The Morgan fingerprint density at radius 1 is 1.26 bits per heavy atom. The second kappa shape index (κ2) is 8.86. The van der Waals surface area contributed by atoms with Gasteiger partial charge in [-0.1, -0.05) is 18.2 Å². The first-order chi connectivity index (χ1) is 16.0. The fraction of sp³-hybridized carbons (Fsp3) is 0.458. The Balaban J connectivity index is 1.41. The highest BCUT2D eigenvalue weighted by molar-refractivity contribution is 5.94. The maximum Gasteiger partial charge on any atom is 0.256 e. The van der Waals surface area contributed by atoms with Crippen molar-refractivity contribution < 1.29 is 19.8 Å². The predicted molar refractivity (Wildman–Crippen MR) is 129 cm³/mol. The average molecular weight is 469 g/mol. The Hall–Kier alpha value is -3.21. The van der Waals surface area contributed by atoms with Crippen LogP contribution in [0.3, 0.4) is 0 Å². The van der Waals surface area contributed by atoms with Crippen LogP contribution in [0.5, 0.6) is 0 Å². The molecule has 3 heterocycles. The lowest BCUT2D eigenvalue weighted by Crippen LogP contribution is -2.61. The molecular weight excluding hydrogens is 436 g/mol. The number of carbonyl (C=O) groups excluding carboxylic acids is 2. The minimum absolute atomic E-state index is 0.268. The molecule has 0 spiro atoms. The van der Waals surface area contributed by atoms with Crippen LogP contribution in [0.4, 0.5) is 5.69 Å². The number of nitrogens with one attached hydrogen (secondary N) is 3. The zero-order chi connectivity index (χ0) is 24.7. The summed E-state index contributed by atoms with van der Waals surface area (Å²) in [4.78, 5) is 31.9. The van der Waals surface area contributed by atoms with Crippen molar-refractivity contribution in [2.75, 3.05) is 24.6 Å². The van der Waals surface area contributed by atoms with E-state index in [0.29, 0.717) is 6.54 Å². The standard InChI is InChI=1S/C24H32N6O4/c1-15(16-6-8-18(9-7-16)30-11-5-10-27-30)28-22(33)24(4,34)20(31)21(32)29-13-17-12-25-14-26-19(17)23(29,2)3/h5-9,11,14-15,20,27,31,34H,10,12-13H2,1-4H3,(H,25,26)(H,28,33)/t15-,20+,24-/m1/s1. The van der Waals surface area contributed by atoms with Gasteiger partial charge in [-0.15, -0.1) is 0 Å². The van der Waals surface area contributed by atoms with Crippen LogP contribution in [0.15, 0.2) is 52.8 Å². The molecule has 3 aliphatic heterocycles. The quantitative estimate of drug-likeness (QED) is 0.407. The molecule has 0 saturated carbocycles. The summed E-state index contributed by atoms with van der Waals surface area (Å²) in [5.74, 6) is -1.55. The van der Waals surface area contributed by atoms with Gasteiger partial charge in [0.15, 0.2) is 11.7 Å². The lowest BCUT2D eigenvalue weighted by atomic mass is 9.93. The summed E-state index contributed by atoms with van der Waals surface area (Å²) in [6, 6.07) is 7.14. The predicted octanol–water partition coefficient (Wildman–Crippen LogP) is 0.320. The molecule has 1 aromatic carbocycles. The second-order valence-electron chi connectivity index (χ2n) is 9.53. The first-order valence-electron chi connectivity index (χ1n) is 11.3. The lowest BCUT2D eigenvalue weighted by Gasteiger charge is -2.37. The minimum atomic E-state index is -2.32. The molecule has 0 unspecified atom stereocenters. The highest BCUT2D eigenvalue weighted by Gasteiger charge is 2.50. The van der Waals surface area contributed by atoms with Crippen molar-refractivity contribution in [3.05, 3.63) is 53.4 Å². The molecule has 34 heavy (non-hydrogen) atoms. The number of aliphatic hydroxyl groups excluding tert-OH is 1. The van der Waals surface area contributed by atoms with Gasteiger partial charge in [-0.3, -0.25) is 14.6 Å². The van der Waals surface area contributed by atoms with E-state index in [1.807, 2.05) is 55.4 Å². The van der Waals surface area contributed by atoms with Gasteiger partial charge < -0.3 is 25.7 Å². The van der Waals surface area contributed by atoms with E-state index in [0.717, 1.165) is 36.0 Å². The van der Waals surface area contributed by atoms with Gasteiger partial charge in [0.05, 0.1) is 29.3 Å². The molecule has 0 bridgehead atoms. The van der Waals surface area contributed by atoms with Crippen LogP contribution in [0, 0.1) is 0 Å². The Morgan fingerprint density at radius 2 is 1.97 bits per heavy atom. The van der Waals surface area contributed by atoms with Gasteiger partial charge >= 0.3 is 0 Å². The smallest absolute Gasteiger partial charge is 0.256 e. The van der Waals surface area contributed by atoms with E-state index in [9.17, 15) is 19.8 Å². The number of anilines is 1. The summed E-state index contributed by atoms with van der Waals surface area (Å²) in [7, 11) is 0. The highest BCUT2D eigenvalue weighted by atomic mass is 16.4. The first-order valence-corrected chi connectivity index (χ1v) is 11.3. The van der Waals surface area contributed by atoms with Gasteiger partial charge in [0, 0.05) is 25.8 Å². The topological polar surface area (TPSA) is 130 Å². The van der Waals surface area contributed by atoms with E-state index in [1.54, 1.807) is 13.3 Å². The number of hydrogen-bond donors (Lipinski definition) is 5. The van der Waals surface area contributed by atoms with Crippen molar-refractivity contribution >= 4 is 23.8 Å². The molecule has 10 nitrogen and oxygen atoms in total. The Kier molecular flexibility index (Phi) is 6.24. The highest BCUT2D eigenvalue weighted by Crippen LogP contribution is 2.37. The van der Waals surface area contributed by atoms with E-state index in [4.69, 9.17) is 0 Å². The monoisotopic (exact) mass is 468 g/mol. The molecule has 3 aliphatic rings. The van der Waals surface area contributed by atoms with Crippen LogP contribution < -0.4 is 21.1 Å². The Morgan fingerprint density at radius 3 is 2.59 bits per heavy atom. The third-order valence-corrected chi connectivity index (χ3v) is 6.68. The zero-order valence-electron chi connectivity index (χ0n) is 19.9. The maximum absolute atomic E-state index is 13.2. The molecule has 0 fully saturated rings. The molecule has 1 aromatic rings. The van der Waals surface area contributed by atoms with Crippen LogP contribution in [-0.2, 0) is 9.59 Å². The van der Waals surface area contributed by atoms with Gasteiger partial charge in [0.25, 0.3) is 11.8 Å². The SMILES string of the molecule is C[C@@H](NC(=O)[C@](C)(O)[C@@H](O)C(=O)N1CC2=C(N=CNC2)C1(C)C)c1ccc(N2C=CCN2)cc1. The van der Waals surface area contributed by atoms with Crippen molar-refractivity contribution in [1.82, 2.24) is 21.0 Å². The molecule has 182 valence electrons. The largest absolute Gasteiger partial charge is 0.380 e.